The highest BCUT2D eigenvalue weighted by Gasteiger charge is 2.35. The number of carbonyl (C=O) groups is 1. The summed E-state index contributed by atoms with van der Waals surface area (Å²) in [5.41, 5.74) is 1.62. The van der Waals surface area contributed by atoms with E-state index < -0.39 is 0 Å². The van der Waals surface area contributed by atoms with Crippen molar-refractivity contribution in [2.45, 2.75) is 18.5 Å². The predicted octanol–water partition coefficient (Wildman–Crippen LogP) is 2.70. The number of hydrogen-bond donors (Lipinski definition) is 2. The zero-order chi connectivity index (χ0) is 18.6. The number of aromatic nitrogens is 3. The van der Waals surface area contributed by atoms with E-state index in [1.165, 1.54) is 0 Å². The number of anilines is 1. The van der Waals surface area contributed by atoms with E-state index >= 15 is 0 Å². The minimum atomic E-state index is -0.219. The van der Waals surface area contributed by atoms with E-state index in [4.69, 9.17) is 4.52 Å². The maximum Gasteiger partial charge on any atom is 0.319 e. The van der Waals surface area contributed by atoms with Gasteiger partial charge in [0.1, 0.15) is 0 Å². The third-order valence-electron chi connectivity index (χ3n) is 4.58. The lowest BCUT2D eigenvalue weighted by molar-refractivity contribution is 0.243. The normalized spacial score (nSPS) is 19.7. The van der Waals surface area contributed by atoms with Gasteiger partial charge in [-0.2, -0.15) is 4.98 Å². The molecule has 0 radical (unpaired) electrons. The lowest BCUT2D eigenvalue weighted by Gasteiger charge is -2.14. The van der Waals surface area contributed by atoms with Gasteiger partial charge >= 0.3 is 6.03 Å². The molecule has 8 heteroatoms. The van der Waals surface area contributed by atoms with Gasteiger partial charge in [-0.15, -0.1) is 0 Å². The fourth-order valence-electron chi connectivity index (χ4n) is 3.26. The molecule has 2 atom stereocenters. The molecule has 4 rings (SSSR count). The van der Waals surface area contributed by atoms with Gasteiger partial charge in [-0.1, -0.05) is 23.4 Å². The number of para-hydroxylation sites is 1. The second-order valence-corrected chi connectivity index (χ2v) is 6.54. The molecule has 2 amide bonds. The number of benzene rings is 1. The molecule has 1 saturated heterocycles. The Morgan fingerprint density at radius 1 is 1.19 bits per heavy atom. The van der Waals surface area contributed by atoms with Crippen LogP contribution >= 0.6 is 0 Å². The van der Waals surface area contributed by atoms with Crippen molar-refractivity contribution in [1.29, 1.82) is 0 Å². The average Bonchev–Trinajstić information content (AvgIpc) is 3.30. The zero-order valence-electron chi connectivity index (χ0n) is 14.9. The van der Waals surface area contributed by atoms with Crippen molar-refractivity contribution in [3.63, 3.8) is 0 Å². The third kappa shape index (κ3) is 3.95. The minimum Gasteiger partial charge on any atom is -0.337 e. The van der Waals surface area contributed by atoms with Gasteiger partial charge in [-0.3, -0.25) is 9.88 Å². The van der Waals surface area contributed by atoms with Crippen LogP contribution in [0.3, 0.4) is 0 Å². The Bertz CT molecular complexity index is 899. The molecule has 2 aromatic heterocycles. The van der Waals surface area contributed by atoms with Crippen molar-refractivity contribution in [3.8, 4) is 11.4 Å². The number of hydrogen-bond acceptors (Lipinski definition) is 6. The number of nitrogens with one attached hydrogen (secondary N) is 2. The predicted molar refractivity (Wildman–Crippen MR) is 99.9 cm³/mol. The second-order valence-electron chi connectivity index (χ2n) is 6.54. The van der Waals surface area contributed by atoms with Crippen molar-refractivity contribution in [2.75, 3.05) is 18.9 Å². The van der Waals surface area contributed by atoms with E-state index in [1.54, 1.807) is 12.4 Å². The maximum atomic E-state index is 12.2. The summed E-state index contributed by atoms with van der Waals surface area (Å²) in [5, 5.41) is 9.91. The summed E-state index contributed by atoms with van der Waals surface area (Å²) in [5.74, 6) is 1.09. The van der Waals surface area contributed by atoms with Crippen molar-refractivity contribution in [3.05, 3.63) is 60.7 Å². The first kappa shape index (κ1) is 17.2. The molecule has 0 saturated carbocycles. The molecule has 0 unspecified atom stereocenters. The molecule has 1 aliphatic rings. The molecule has 1 aliphatic heterocycles. The van der Waals surface area contributed by atoms with Crippen molar-refractivity contribution in [1.82, 2.24) is 25.3 Å². The Morgan fingerprint density at radius 2 is 1.96 bits per heavy atom. The van der Waals surface area contributed by atoms with E-state index in [9.17, 15) is 4.79 Å². The average molecular weight is 364 g/mol. The van der Waals surface area contributed by atoms with Crippen LogP contribution in [0.15, 0.2) is 59.4 Å². The molecule has 0 aliphatic carbocycles. The Balaban J connectivity index is 1.38. The Labute approximate surface area is 156 Å². The van der Waals surface area contributed by atoms with Crippen LogP contribution in [0.2, 0.25) is 0 Å². The summed E-state index contributed by atoms with van der Waals surface area (Å²) in [6.45, 7) is 0.708. The van der Waals surface area contributed by atoms with Crippen molar-refractivity contribution in [2.24, 2.45) is 0 Å². The zero-order valence-corrected chi connectivity index (χ0v) is 14.9. The first-order chi connectivity index (χ1) is 13.2. The molecule has 3 heterocycles. The molecule has 1 fully saturated rings. The number of nitrogens with zero attached hydrogens (tertiary/aromatic N) is 4. The third-order valence-corrected chi connectivity index (χ3v) is 4.58. The minimum absolute atomic E-state index is 0.0000115. The Morgan fingerprint density at radius 3 is 2.74 bits per heavy atom. The van der Waals surface area contributed by atoms with Crippen LogP contribution in [0.25, 0.3) is 11.4 Å². The molecular weight excluding hydrogens is 344 g/mol. The largest absolute Gasteiger partial charge is 0.337 e. The number of likely N-dealkylation sites (tertiary alicyclic amines) is 1. The molecule has 27 heavy (non-hydrogen) atoms. The molecule has 0 spiro atoms. The van der Waals surface area contributed by atoms with E-state index in [0.29, 0.717) is 24.7 Å². The molecule has 8 nitrogen and oxygen atoms in total. The molecule has 2 N–H and O–H groups in total. The van der Waals surface area contributed by atoms with Crippen LogP contribution in [-0.4, -0.2) is 45.7 Å². The fourth-order valence-corrected chi connectivity index (χ4v) is 3.26. The van der Waals surface area contributed by atoms with Crippen LogP contribution < -0.4 is 10.6 Å². The molecule has 3 aromatic rings. The van der Waals surface area contributed by atoms with Crippen LogP contribution in [0, 0.1) is 0 Å². The lowest BCUT2D eigenvalue weighted by Crippen LogP contribution is -2.39. The lowest BCUT2D eigenvalue weighted by atomic mass is 10.1. The number of likely N-dealkylation sites (N-methyl/N-ethyl adjacent to an activating group) is 1. The fraction of sp³-hybridized carbons (Fsp3) is 0.263. The van der Waals surface area contributed by atoms with Crippen LogP contribution in [0.1, 0.15) is 18.4 Å². The summed E-state index contributed by atoms with van der Waals surface area (Å²) in [7, 11) is 1.98. The number of rotatable bonds is 4. The monoisotopic (exact) mass is 364 g/mol. The van der Waals surface area contributed by atoms with E-state index in [0.717, 1.165) is 11.3 Å². The van der Waals surface area contributed by atoms with Crippen LogP contribution in [-0.2, 0) is 0 Å². The summed E-state index contributed by atoms with van der Waals surface area (Å²) in [6.07, 6.45) is 4.09. The van der Waals surface area contributed by atoms with Gasteiger partial charge in [0, 0.05) is 36.2 Å². The smallest absolute Gasteiger partial charge is 0.319 e. The van der Waals surface area contributed by atoms with Crippen molar-refractivity contribution < 1.29 is 9.32 Å². The number of amides is 2. The first-order valence-electron chi connectivity index (χ1n) is 8.76. The van der Waals surface area contributed by atoms with Crippen molar-refractivity contribution >= 4 is 11.7 Å². The van der Waals surface area contributed by atoms with E-state index in [-0.39, 0.29) is 18.1 Å². The van der Waals surface area contributed by atoms with Crippen LogP contribution in [0.5, 0.6) is 0 Å². The number of carbonyl (C=O) groups excluding carboxylic acids is 1. The summed E-state index contributed by atoms with van der Waals surface area (Å²) in [6, 6.07) is 12.8. The Kier molecular flexibility index (Phi) is 4.80. The van der Waals surface area contributed by atoms with Gasteiger partial charge in [0.2, 0.25) is 11.7 Å². The maximum absolute atomic E-state index is 12.2. The standard InChI is InChI=1S/C19H20N6O2/c1-25-12-15(22-19(26)21-14-5-3-2-4-6-14)11-16(25)18-23-17(24-27-18)13-7-9-20-10-8-13/h2-10,15-16H,11-12H2,1H3,(H2,21,22,26)/t15-,16-/m0/s1. The SMILES string of the molecule is CN1C[C@@H](NC(=O)Nc2ccccc2)C[C@H]1c1nc(-c2ccncc2)no1. The first-order valence-corrected chi connectivity index (χ1v) is 8.76. The van der Waals surface area contributed by atoms with Gasteiger partial charge in [0.15, 0.2) is 0 Å². The molecule has 1 aromatic carbocycles. The highest BCUT2D eigenvalue weighted by atomic mass is 16.5. The van der Waals surface area contributed by atoms with Gasteiger partial charge < -0.3 is 15.2 Å². The molecular formula is C19H20N6O2. The Hall–Kier alpha value is -3.26. The van der Waals surface area contributed by atoms with E-state index in [2.05, 4.69) is 30.7 Å². The molecule has 138 valence electrons. The molecule has 0 bridgehead atoms. The van der Waals surface area contributed by atoms with Gasteiger partial charge in [0.05, 0.1) is 6.04 Å². The van der Waals surface area contributed by atoms with Gasteiger partial charge in [-0.05, 0) is 37.7 Å². The highest BCUT2D eigenvalue weighted by Crippen LogP contribution is 2.30. The quantitative estimate of drug-likeness (QED) is 0.739. The second kappa shape index (κ2) is 7.55. The summed E-state index contributed by atoms with van der Waals surface area (Å²) < 4.78 is 5.47. The van der Waals surface area contributed by atoms with E-state index in [1.807, 2.05) is 49.5 Å². The number of pyridine rings is 1. The number of urea groups is 1. The van der Waals surface area contributed by atoms with Gasteiger partial charge in [-0.25, -0.2) is 4.79 Å². The van der Waals surface area contributed by atoms with Gasteiger partial charge in [0.25, 0.3) is 0 Å². The summed E-state index contributed by atoms with van der Waals surface area (Å²) in [4.78, 5) is 22.8. The van der Waals surface area contributed by atoms with Crippen LogP contribution in [0.4, 0.5) is 10.5 Å². The topological polar surface area (TPSA) is 96.2 Å². The highest BCUT2D eigenvalue weighted by molar-refractivity contribution is 5.89. The summed E-state index contributed by atoms with van der Waals surface area (Å²) >= 11 is 0.